The number of carbonyl (C=O) groups is 2. The number of primary amides is 1. The van der Waals surface area contributed by atoms with Crippen LogP contribution in [0.3, 0.4) is 0 Å². The number of rotatable bonds is 7. The first-order valence-electron chi connectivity index (χ1n) is 5.01. The maximum absolute atomic E-state index is 11.9. The van der Waals surface area contributed by atoms with Crippen molar-refractivity contribution in [2.24, 2.45) is 5.73 Å². The lowest BCUT2D eigenvalue weighted by atomic mass is 10.2. The van der Waals surface area contributed by atoms with Gasteiger partial charge in [-0.2, -0.15) is 4.72 Å². The molecule has 1 amide bonds. The van der Waals surface area contributed by atoms with Gasteiger partial charge >= 0.3 is 5.97 Å². The Morgan fingerprint density at radius 1 is 1.47 bits per heavy atom. The molecule has 1 atom stereocenters. The Morgan fingerprint density at radius 2 is 2.11 bits per heavy atom. The summed E-state index contributed by atoms with van der Waals surface area (Å²) >= 11 is 4.07. The predicted octanol–water partition coefficient (Wildman–Crippen LogP) is 0.508. The maximum Gasteiger partial charge on any atom is 0.321 e. The first kappa shape index (κ1) is 16.1. The van der Waals surface area contributed by atoms with Crippen LogP contribution in [0.4, 0.5) is 0 Å². The van der Waals surface area contributed by atoms with Crippen LogP contribution in [0.5, 0.6) is 0 Å². The Hall–Kier alpha value is -0.970. The van der Waals surface area contributed by atoms with E-state index in [1.165, 1.54) is 6.07 Å². The minimum Gasteiger partial charge on any atom is -0.480 e. The summed E-state index contributed by atoms with van der Waals surface area (Å²) in [5.41, 5.74) is 4.91. The number of thiophene rings is 1. The zero-order valence-electron chi connectivity index (χ0n) is 9.50. The number of nitrogens with one attached hydrogen (secondary N) is 1. The van der Waals surface area contributed by atoms with Gasteiger partial charge in [-0.1, -0.05) is 0 Å². The van der Waals surface area contributed by atoms with Crippen LogP contribution in [0.15, 0.2) is 20.1 Å². The monoisotopic (exact) mass is 370 g/mol. The highest BCUT2D eigenvalue weighted by Gasteiger charge is 2.26. The van der Waals surface area contributed by atoms with Crippen LogP contribution >= 0.6 is 27.3 Å². The molecule has 0 saturated carbocycles. The van der Waals surface area contributed by atoms with Crippen molar-refractivity contribution >= 4 is 49.2 Å². The van der Waals surface area contributed by atoms with Crippen molar-refractivity contribution < 1.29 is 23.1 Å². The second kappa shape index (κ2) is 6.46. The highest BCUT2D eigenvalue weighted by Crippen LogP contribution is 2.26. The molecule has 0 aliphatic carbocycles. The molecule has 0 fully saturated rings. The summed E-state index contributed by atoms with van der Waals surface area (Å²) in [6.07, 6.45) is -0.413. The van der Waals surface area contributed by atoms with Gasteiger partial charge in [-0.05, 0) is 34.5 Å². The molecule has 1 aromatic rings. The third-order valence-corrected chi connectivity index (χ3v) is 5.68. The van der Waals surface area contributed by atoms with Gasteiger partial charge in [0.2, 0.25) is 5.91 Å². The topological polar surface area (TPSA) is 127 Å². The number of amides is 1. The molecule has 1 aromatic heterocycles. The van der Waals surface area contributed by atoms with Gasteiger partial charge in [0.05, 0.1) is 3.79 Å². The van der Waals surface area contributed by atoms with Crippen LogP contribution in [-0.2, 0) is 19.6 Å². The van der Waals surface area contributed by atoms with Crippen molar-refractivity contribution in [3.05, 3.63) is 15.9 Å². The fourth-order valence-electron chi connectivity index (χ4n) is 1.21. The highest BCUT2D eigenvalue weighted by atomic mass is 79.9. The smallest absolute Gasteiger partial charge is 0.321 e. The molecule has 0 radical (unpaired) electrons. The van der Waals surface area contributed by atoms with Crippen LogP contribution < -0.4 is 10.5 Å². The molecular formula is C9H11BrN2O5S2. The zero-order valence-corrected chi connectivity index (χ0v) is 12.7. The minimum atomic E-state index is -3.93. The van der Waals surface area contributed by atoms with Crippen LogP contribution in [0.2, 0.25) is 0 Å². The average Bonchev–Trinajstić information content (AvgIpc) is 2.71. The molecule has 106 valence electrons. The van der Waals surface area contributed by atoms with Crippen LogP contribution in [0, 0.1) is 0 Å². The van der Waals surface area contributed by atoms with Gasteiger partial charge in [-0.3, -0.25) is 9.59 Å². The van der Waals surface area contributed by atoms with Crippen molar-refractivity contribution in [3.63, 3.8) is 0 Å². The molecule has 7 nitrogen and oxygen atoms in total. The Labute approximate surface area is 122 Å². The predicted molar refractivity (Wildman–Crippen MR) is 72.2 cm³/mol. The standard InChI is InChI=1S/C9H11BrN2O5S2/c10-6-2-4-8(18-6)19(16,17)12-5(9(14)15)1-3-7(11)13/h2,4-5,12H,1,3H2,(H2,11,13)(H,14,15). The first-order valence-corrected chi connectivity index (χ1v) is 8.10. The molecule has 0 bridgehead atoms. The van der Waals surface area contributed by atoms with Crippen LogP contribution in [0.25, 0.3) is 0 Å². The molecule has 0 aliphatic heterocycles. The Kier molecular flexibility index (Phi) is 5.47. The summed E-state index contributed by atoms with van der Waals surface area (Å²) in [6.45, 7) is 0. The summed E-state index contributed by atoms with van der Waals surface area (Å²) in [5.74, 6) is -2.05. The number of halogens is 1. The molecule has 0 saturated heterocycles. The fourth-order valence-corrected chi connectivity index (χ4v) is 4.46. The number of hydrogen-bond acceptors (Lipinski definition) is 5. The van der Waals surface area contributed by atoms with Gasteiger partial charge in [0.1, 0.15) is 10.3 Å². The molecule has 0 aliphatic rings. The van der Waals surface area contributed by atoms with E-state index < -0.39 is 27.9 Å². The Balaban J connectivity index is 2.84. The number of hydrogen-bond donors (Lipinski definition) is 3. The SMILES string of the molecule is NC(=O)CCC(NS(=O)(=O)c1ccc(Br)s1)C(=O)O. The molecule has 19 heavy (non-hydrogen) atoms. The van der Waals surface area contributed by atoms with E-state index in [1.54, 1.807) is 6.07 Å². The lowest BCUT2D eigenvalue weighted by molar-refractivity contribution is -0.139. The van der Waals surface area contributed by atoms with Gasteiger partial charge in [0.15, 0.2) is 0 Å². The second-order valence-electron chi connectivity index (χ2n) is 3.58. The molecule has 10 heteroatoms. The molecule has 0 aromatic carbocycles. The van der Waals surface area contributed by atoms with E-state index in [4.69, 9.17) is 10.8 Å². The van der Waals surface area contributed by atoms with Gasteiger partial charge in [-0.25, -0.2) is 8.42 Å². The normalized spacial score (nSPS) is 13.1. The molecule has 1 heterocycles. The van der Waals surface area contributed by atoms with E-state index in [2.05, 4.69) is 15.9 Å². The zero-order chi connectivity index (χ0) is 14.6. The van der Waals surface area contributed by atoms with Crippen molar-refractivity contribution in [1.29, 1.82) is 0 Å². The summed E-state index contributed by atoms with van der Waals surface area (Å²) < 4.78 is 26.4. The largest absolute Gasteiger partial charge is 0.480 e. The average molecular weight is 371 g/mol. The van der Waals surface area contributed by atoms with Crippen molar-refractivity contribution in [1.82, 2.24) is 4.72 Å². The first-order chi connectivity index (χ1) is 8.72. The van der Waals surface area contributed by atoms with Gasteiger partial charge in [0, 0.05) is 6.42 Å². The van der Waals surface area contributed by atoms with E-state index in [0.29, 0.717) is 3.79 Å². The number of carboxylic acids is 1. The number of carboxylic acid groups (broad SMARTS) is 1. The lowest BCUT2D eigenvalue weighted by Crippen LogP contribution is -2.41. The molecule has 1 rings (SSSR count). The minimum absolute atomic E-state index is 0.00954. The van der Waals surface area contributed by atoms with Crippen LogP contribution in [-0.4, -0.2) is 31.4 Å². The molecule has 0 spiro atoms. The molecular weight excluding hydrogens is 360 g/mol. The number of aliphatic carboxylic acids is 1. The van der Waals surface area contributed by atoms with E-state index in [1.807, 2.05) is 4.72 Å². The number of carbonyl (C=O) groups excluding carboxylic acids is 1. The maximum atomic E-state index is 11.9. The summed E-state index contributed by atoms with van der Waals surface area (Å²) in [6, 6.07) is 1.50. The lowest BCUT2D eigenvalue weighted by Gasteiger charge is -2.12. The number of sulfonamides is 1. The third-order valence-electron chi connectivity index (χ3n) is 2.09. The third kappa shape index (κ3) is 4.90. The van der Waals surface area contributed by atoms with Crippen molar-refractivity contribution in [3.8, 4) is 0 Å². The number of nitrogens with two attached hydrogens (primary N) is 1. The molecule has 1 unspecified atom stereocenters. The summed E-state index contributed by atoms with van der Waals surface area (Å²) in [7, 11) is -3.93. The Morgan fingerprint density at radius 3 is 2.53 bits per heavy atom. The van der Waals surface area contributed by atoms with Gasteiger partial charge < -0.3 is 10.8 Å². The van der Waals surface area contributed by atoms with E-state index >= 15 is 0 Å². The second-order valence-corrected chi connectivity index (χ2v) is 7.98. The van der Waals surface area contributed by atoms with Crippen molar-refractivity contribution in [2.45, 2.75) is 23.1 Å². The van der Waals surface area contributed by atoms with Gasteiger partial charge in [0.25, 0.3) is 10.0 Å². The molecule has 4 N–H and O–H groups in total. The van der Waals surface area contributed by atoms with E-state index in [-0.39, 0.29) is 17.1 Å². The van der Waals surface area contributed by atoms with Crippen molar-refractivity contribution in [2.75, 3.05) is 0 Å². The Bertz CT molecular complexity index is 583. The summed E-state index contributed by atoms with van der Waals surface area (Å²) in [5, 5.41) is 8.92. The van der Waals surface area contributed by atoms with Gasteiger partial charge in [-0.15, -0.1) is 11.3 Å². The van der Waals surface area contributed by atoms with Crippen LogP contribution in [0.1, 0.15) is 12.8 Å². The van der Waals surface area contributed by atoms with E-state index in [9.17, 15) is 18.0 Å². The highest BCUT2D eigenvalue weighted by molar-refractivity contribution is 9.11. The summed E-state index contributed by atoms with van der Waals surface area (Å²) in [4.78, 5) is 21.6. The van der Waals surface area contributed by atoms with E-state index in [0.717, 1.165) is 11.3 Å². The fraction of sp³-hybridized carbons (Fsp3) is 0.333. The quantitative estimate of drug-likeness (QED) is 0.644.